The number of anilines is 2. The molecule has 0 aliphatic heterocycles. The fourth-order valence-electron chi connectivity index (χ4n) is 1.71. The van der Waals surface area contributed by atoms with Crippen molar-refractivity contribution in [1.82, 2.24) is 14.8 Å². The Morgan fingerprint density at radius 1 is 1.29 bits per heavy atom. The van der Waals surface area contributed by atoms with Gasteiger partial charge in [0.25, 0.3) is 0 Å². The minimum Gasteiger partial charge on any atom is -0.506 e. The lowest BCUT2D eigenvalue weighted by Crippen LogP contribution is -1.95. The number of para-hydroxylation sites is 1. The topological polar surface area (TPSA) is 100 Å². The highest BCUT2D eigenvalue weighted by atomic mass is 32.1. The Balaban J connectivity index is 1.85. The van der Waals surface area contributed by atoms with E-state index in [2.05, 4.69) is 15.4 Å². The number of aromatic hydroxyl groups is 1. The van der Waals surface area contributed by atoms with E-state index in [1.165, 1.54) is 17.1 Å². The van der Waals surface area contributed by atoms with Crippen molar-refractivity contribution in [2.75, 3.05) is 5.32 Å². The molecule has 0 radical (unpaired) electrons. The summed E-state index contributed by atoms with van der Waals surface area (Å²) < 4.78 is 1.40. The number of carbonyl (C=O) groups is 1. The first kappa shape index (κ1) is 13.1. The molecule has 3 rings (SSSR count). The Hall–Kier alpha value is -2.87. The lowest BCUT2D eigenvalue weighted by atomic mass is 10.3. The maximum Gasteiger partial charge on any atom is 0.349 e. The van der Waals surface area contributed by atoms with Crippen LogP contribution in [-0.2, 0) is 0 Å². The minimum absolute atomic E-state index is 0.127. The normalized spacial score (nSPS) is 10.5. The van der Waals surface area contributed by atoms with Crippen molar-refractivity contribution in [3.05, 3.63) is 47.6 Å². The number of carboxylic acid groups (broad SMARTS) is 1. The van der Waals surface area contributed by atoms with Crippen molar-refractivity contribution in [3.8, 4) is 10.8 Å². The fourth-order valence-corrected chi connectivity index (χ4v) is 2.52. The summed E-state index contributed by atoms with van der Waals surface area (Å²) in [6.07, 6.45) is 1.45. The first-order valence-corrected chi connectivity index (χ1v) is 6.75. The number of aromatic nitrogens is 3. The van der Waals surface area contributed by atoms with Crippen molar-refractivity contribution in [2.45, 2.75) is 0 Å². The molecule has 0 bridgehead atoms. The molecule has 2 aromatic heterocycles. The quantitative estimate of drug-likeness (QED) is 0.684. The van der Waals surface area contributed by atoms with Gasteiger partial charge in [-0.1, -0.05) is 18.2 Å². The van der Waals surface area contributed by atoms with E-state index in [0.717, 1.165) is 17.0 Å². The third kappa shape index (κ3) is 2.70. The molecule has 0 saturated heterocycles. The van der Waals surface area contributed by atoms with Crippen LogP contribution in [0.5, 0.6) is 5.75 Å². The molecular weight excluding hydrogens is 292 g/mol. The zero-order chi connectivity index (χ0) is 14.8. The molecule has 1 aromatic carbocycles. The summed E-state index contributed by atoms with van der Waals surface area (Å²) in [5.74, 6) is -1.08. The Labute approximate surface area is 123 Å². The minimum atomic E-state index is -1.17. The summed E-state index contributed by atoms with van der Waals surface area (Å²) in [5, 5.41) is 26.2. The van der Waals surface area contributed by atoms with Crippen LogP contribution in [0.4, 0.5) is 11.6 Å². The smallest absolute Gasteiger partial charge is 0.349 e. The van der Waals surface area contributed by atoms with Crippen LogP contribution in [0, 0.1) is 0 Å². The number of nitrogens with zero attached hydrogens (tertiary/aromatic N) is 3. The summed E-state index contributed by atoms with van der Waals surface area (Å²) in [5.41, 5.74) is 0.843. The number of thiophene rings is 1. The highest BCUT2D eigenvalue weighted by Crippen LogP contribution is 2.30. The predicted molar refractivity (Wildman–Crippen MR) is 77.6 cm³/mol. The number of hydrogen-bond acceptors (Lipinski definition) is 6. The molecule has 0 spiro atoms. The van der Waals surface area contributed by atoms with Gasteiger partial charge in [0.05, 0.1) is 0 Å². The highest BCUT2D eigenvalue weighted by molar-refractivity contribution is 7.16. The molecule has 106 valence electrons. The van der Waals surface area contributed by atoms with Gasteiger partial charge in [-0.2, -0.15) is 4.98 Å². The van der Waals surface area contributed by atoms with E-state index in [1.54, 1.807) is 0 Å². The summed E-state index contributed by atoms with van der Waals surface area (Å²) in [7, 11) is 0. The lowest BCUT2D eigenvalue weighted by molar-refractivity contribution is 0.0699. The van der Waals surface area contributed by atoms with Gasteiger partial charge in [-0.25, -0.2) is 9.48 Å². The largest absolute Gasteiger partial charge is 0.506 e. The van der Waals surface area contributed by atoms with Gasteiger partial charge < -0.3 is 15.5 Å². The molecule has 0 atom stereocenters. The number of rotatable bonds is 4. The summed E-state index contributed by atoms with van der Waals surface area (Å²) >= 11 is 0.923. The van der Waals surface area contributed by atoms with E-state index >= 15 is 0 Å². The van der Waals surface area contributed by atoms with Gasteiger partial charge in [0.15, 0.2) is 4.88 Å². The zero-order valence-corrected chi connectivity index (χ0v) is 11.4. The van der Waals surface area contributed by atoms with Crippen LogP contribution in [-0.4, -0.2) is 30.9 Å². The Morgan fingerprint density at radius 3 is 2.71 bits per heavy atom. The van der Waals surface area contributed by atoms with Crippen molar-refractivity contribution in [3.63, 3.8) is 0 Å². The van der Waals surface area contributed by atoms with Crippen LogP contribution in [0.3, 0.4) is 0 Å². The van der Waals surface area contributed by atoms with Crippen LogP contribution in [0.25, 0.3) is 5.00 Å². The molecule has 0 fully saturated rings. The van der Waals surface area contributed by atoms with E-state index in [9.17, 15) is 9.90 Å². The van der Waals surface area contributed by atoms with Crippen LogP contribution < -0.4 is 5.32 Å². The fraction of sp³-hybridized carbons (Fsp3) is 0. The lowest BCUT2D eigenvalue weighted by Gasteiger charge is -1.99. The molecule has 0 aliphatic rings. The van der Waals surface area contributed by atoms with Crippen LogP contribution in [0.2, 0.25) is 0 Å². The number of hydrogen-bond donors (Lipinski definition) is 3. The van der Waals surface area contributed by atoms with Crippen molar-refractivity contribution in [1.29, 1.82) is 0 Å². The number of carboxylic acids is 1. The van der Waals surface area contributed by atoms with E-state index in [-0.39, 0.29) is 10.6 Å². The molecule has 3 aromatic rings. The maximum absolute atomic E-state index is 10.9. The van der Waals surface area contributed by atoms with Gasteiger partial charge in [0.1, 0.15) is 17.1 Å². The molecule has 0 saturated carbocycles. The first-order valence-electron chi connectivity index (χ1n) is 5.93. The number of aromatic carboxylic acids is 1. The van der Waals surface area contributed by atoms with Crippen LogP contribution in [0.15, 0.2) is 42.7 Å². The standard InChI is InChI=1S/C13H10N4O3S/c18-9-6-10(21-11(9)12(19)20)17-7-14-13(16-17)15-8-4-2-1-3-5-8/h1-7,18H,(H,15,16)(H,19,20). The second-order valence-electron chi connectivity index (χ2n) is 4.11. The van der Waals surface area contributed by atoms with Crippen molar-refractivity contribution in [2.24, 2.45) is 0 Å². The number of nitrogens with one attached hydrogen (secondary N) is 1. The van der Waals surface area contributed by atoms with E-state index in [0.29, 0.717) is 10.9 Å². The van der Waals surface area contributed by atoms with Crippen LogP contribution >= 0.6 is 11.3 Å². The molecule has 7 nitrogen and oxygen atoms in total. The van der Waals surface area contributed by atoms with E-state index in [1.807, 2.05) is 30.3 Å². The van der Waals surface area contributed by atoms with Gasteiger partial charge in [-0.05, 0) is 12.1 Å². The molecule has 3 N–H and O–H groups in total. The molecule has 21 heavy (non-hydrogen) atoms. The molecule has 0 amide bonds. The SMILES string of the molecule is O=C(O)c1sc(-n2cnc(Nc3ccccc3)n2)cc1O. The molecular formula is C13H10N4O3S. The zero-order valence-electron chi connectivity index (χ0n) is 10.6. The third-order valence-corrected chi connectivity index (χ3v) is 3.74. The first-order chi connectivity index (χ1) is 10.1. The predicted octanol–water partition coefficient (Wildman–Crippen LogP) is 2.48. The van der Waals surface area contributed by atoms with Crippen molar-refractivity contribution < 1.29 is 15.0 Å². The summed E-state index contributed by atoms with van der Waals surface area (Å²) in [6, 6.07) is 10.8. The monoisotopic (exact) mass is 302 g/mol. The molecule has 0 unspecified atom stereocenters. The van der Waals surface area contributed by atoms with Crippen molar-refractivity contribution >= 4 is 28.9 Å². The average molecular weight is 302 g/mol. The van der Waals surface area contributed by atoms with Gasteiger partial charge in [0.2, 0.25) is 5.95 Å². The van der Waals surface area contributed by atoms with Gasteiger partial charge in [-0.3, -0.25) is 0 Å². The molecule has 0 aliphatic carbocycles. The van der Waals surface area contributed by atoms with Crippen LogP contribution in [0.1, 0.15) is 9.67 Å². The highest BCUT2D eigenvalue weighted by Gasteiger charge is 2.16. The second-order valence-corrected chi connectivity index (χ2v) is 5.14. The number of benzene rings is 1. The maximum atomic E-state index is 10.9. The molecule has 2 heterocycles. The Bertz CT molecular complexity index is 782. The third-order valence-electron chi connectivity index (χ3n) is 2.64. The van der Waals surface area contributed by atoms with Gasteiger partial charge in [-0.15, -0.1) is 16.4 Å². The van der Waals surface area contributed by atoms with Gasteiger partial charge >= 0.3 is 5.97 Å². The summed E-state index contributed by atoms with van der Waals surface area (Å²) in [6.45, 7) is 0. The van der Waals surface area contributed by atoms with E-state index in [4.69, 9.17) is 5.11 Å². The molecule has 8 heteroatoms. The average Bonchev–Trinajstić information content (AvgIpc) is 3.06. The Morgan fingerprint density at radius 2 is 2.05 bits per heavy atom. The van der Waals surface area contributed by atoms with Gasteiger partial charge in [0, 0.05) is 11.8 Å². The second kappa shape index (κ2) is 5.25. The van der Waals surface area contributed by atoms with E-state index < -0.39 is 5.97 Å². The Kier molecular flexibility index (Phi) is 3.28. The summed E-state index contributed by atoms with van der Waals surface area (Å²) in [4.78, 5) is 14.9.